The minimum Gasteiger partial charge on any atom is -0.225 e. The van der Waals surface area contributed by atoms with Crippen LogP contribution in [0.5, 0.6) is 0 Å². The quantitative estimate of drug-likeness (QED) is 0.622. The molecule has 0 aromatic carbocycles. The van der Waals surface area contributed by atoms with Crippen LogP contribution in [-0.2, 0) is 12.8 Å². The molecule has 0 amide bonds. The molecule has 0 radical (unpaired) electrons. The molecule has 5 heteroatoms. The molecule has 1 aliphatic rings. The smallest absolute Gasteiger partial charge is 0.167 e. The van der Waals surface area contributed by atoms with Crippen molar-refractivity contribution in [3.05, 3.63) is 22.6 Å². The van der Waals surface area contributed by atoms with Gasteiger partial charge in [0.15, 0.2) is 5.65 Å². The molecule has 0 aliphatic heterocycles. The van der Waals surface area contributed by atoms with E-state index in [0.717, 1.165) is 28.6 Å². The van der Waals surface area contributed by atoms with Gasteiger partial charge >= 0.3 is 0 Å². The average molecular weight is 258 g/mol. The third kappa shape index (κ3) is 1.34. The second-order valence-electron chi connectivity index (χ2n) is 5.20. The Morgan fingerprint density at radius 2 is 2.33 bits per heavy atom. The second-order valence-corrected chi connectivity index (χ2v) is 6.29. The van der Waals surface area contributed by atoms with Gasteiger partial charge in [0.25, 0.3) is 0 Å². The normalized spacial score (nSPS) is 19.6. The fourth-order valence-corrected chi connectivity index (χ4v) is 4.19. The zero-order valence-corrected chi connectivity index (χ0v) is 11.3. The van der Waals surface area contributed by atoms with E-state index >= 15 is 0 Å². The zero-order valence-electron chi connectivity index (χ0n) is 10.5. The Labute approximate surface area is 109 Å². The highest BCUT2D eigenvalue weighted by Gasteiger charge is 2.23. The first-order valence-electron chi connectivity index (χ1n) is 6.34. The number of thiophene rings is 1. The minimum atomic E-state index is 0.793. The Hall–Kier alpha value is -1.49. The summed E-state index contributed by atoms with van der Waals surface area (Å²) in [5.74, 6) is 1.61. The Balaban J connectivity index is 2.11. The van der Waals surface area contributed by atoms with Gasteiger partial charge in [0.1, 0.15) is 17.0 Å². The fourth-order valence-electron chi connectivity index (χ4n) is 2.85. The van der Waals surface area contributed by atoms with E-state index in [4.69, 9.17) is 0 Å². The van der Waals surface area contributed by atoms with Crippen molar-refractivity contribution in [2.75, 3.05) is 0 Å². The number of aromatic nitrogens is 4. The molecule has 92 valence electrons. The van der Waals surface area contributed by atoms with Crippen LogP contribution < -0.4 is 0 Å². The van der Waals surface area contributed by atoms with Crippen molar-refractivity contribution < 1.29 is 0 Å². The lowest BCUT2D eigenvalue weighted by atomic mass is 9.89. The van der Waals surface area contributed by atoms with Gasteiger partial charge in [0.2, 0.25) is 0 Å². The molecule has 0 saturated carbocycles. The molecule has 1 aliphatic carbocycles. The van der Waals surface area contributed by atoms with Crippen LogP contribution in [0.1, 0.15) is 29.6 Å². The standard InChI is InChI=1S/C13H14N4S/c1-7-3-4-9-10(5-7)18-13-11(9)12-15-8(2)16-17(12)6-14-13/h6-7H,3-5H2,1-2H3/t7-/m1/s1. The van der Waals surface area contributed by atoms with E-state index in [2.05, 4.69) is 22.0 Å². The maximum absolute atomic E-state index is 4.56. The number of hydrogen-bond acceptors (Lipinski definition) is 4. The summed E-state index contributed by atoms with van der Waals surface area (Å²) in [7, 11) is 0. The molecule has 3 aromatic rings. The molecule has 4 rings (SSSR count). The van der Waals surface area contributed by atoms with Crippen LogP contribution in [0.25, 0.3) is 15.9 Å². The van der Waals surface area contributed by atoms with Gasteiger partial charge in [0, 0.05) is 4.88 Å². The summed E-state index contributed by atoms with van der Waals surface area (Å²) in [6.45, 7) is 4.26. The average Bonchev–Trinajstić information content (AvgIpc) is 2.86. The molecular weight excluding hydrogens is 244 g/mol. The van der Waals surface area contributed by atoms with Crippen LogP contribution in [0.2, 0.25) is 0 Å². The van der Waals surface area contributed by atoms with Crippen molar-refractivity contribution >= 4 is 27.2 Å². The van der Waals surface area contributed by atoms with Crippen LogP contribution in [-0.4, -0.2) is 19.6 Å². The van der Waals surface area contributed by atoms with Gasteiger partial charge in [0.05, 0.1) is 5.39 Å². The summed E-state index contributed by atoms with van der Waals surface area (Å²) in [4.78, 5) is 11.7. The molecule has 3 aromatic heterocycles. The van der Waals surface area contributed by atoms with Gasteiger partial charge in [-0.3, -0.25) is 0 Å². The molecule has 1 atom stereocenters. The topological polar surface area (TPSA) is 43.1 Å². The lowest BCUT2D eigenvalue weighted by Gasteiger charge is -2.17. The van der Waals surface area contributed by atoms with Gasteiger partial charge in [-0.25, -0.2) is 14.5 Å². The predicted molar refractivity (Wildman–Crippen MR) is 72.1 cm³/mol. The first-order chi connectivity index (χ1) is 8.72. The molecule has 0 bridgehead atoms. The van der Waals surface area contributed by atoms with Gasteiger partial charge in [-0.05, 0) is 37.7 Å². The van der Waals surface area contributed by atoms with Crippen LogP contribution in [0.3, 0.4) is 0 Å². The SMILES string of the molecule is Cc1nc2c3c4c(sc3ncn2n1)C[C@H](C)CC4. The predicted octanol–water partition coefficient (Wildman–Crippen LogP) is 2.77. The summed E-state index contributed by atoms with van der Waals surface area (Å²) in [6, 6.07) is 0. The van der Waals surface area contributed by atoms with Crippen LogP contribution in [0.4, 0.5) is 0 Å². The third-order valence-corrected chi connectivity index (χ3v) is 4.90. The Bertz CT molecular complexity index is 755. The van der Waals surface area contributed by atoms with Crippen LogP contribution in [0.15, 0.2) is 6.33 Å². The number of aryl methyl sites for hydroxylation is 2. The lowest BCUT2D eigenvalue weighted by molar-refractivity contribution is 0.509. The monoisotopic (exact) mass is 258 g/mol. The van der Waals surface area contributed by atoms with Crippen molar-refractivity contribution in [3.63, 3.8) is 0 Å². The van der Waals surface area contributed by atoms with E-state index in [9.17, 15) is 0 Å². The summed E-state index contributed by atoms with van der Waals surface area (Å²) in [5, 5.41) is 5.60. The molecule has 0 spiro atoms. The minimum absolute atomic E-state index is 0.793. The highest BCUT2D eigenvalue weighted by molar-refractivity contribution is 7.19. The van der Waals surface area contributed by atoms with Gasteiger partial charge in [-0.1, -0.05) is 6.92 Å². The highest BCUT2D eigenvalue weighted by Crippen LogP contribution is 2.38. The first-order valence-corrected chi connectivity index (χ1v) is 7.16. The van der Waals surface area contributed by atoms with Gasteiger partial charge in [-0.15, -0.1) is 11.3 Å². The molecule has 18 heavy (non-hydrogen) atoms. The Morgan fingerprint density at radius 3 is 3.22 bits per heavy atom. The summed E-state index contributed by atoms with van der Waals surface area (Å²) in [5.41, 5.74) is 2.45. The summed E-state index contributed by atoms with van der Waals surface area (Å²) < 4.78 is 1.81. The maximum Gasteiger partial charge on any atom is 0.167 e. The van der Waals surface area contributed by atoms with E-state index in [1.165, 1.54) is 28.7 Å². The maximum atomic E-state index is 4.56. The molecule has 0 saturated heterocycles. The number of nitrogens with zero attached hydrogens (tertiary/aromatic N) is 4. The molecule has 0 unspecified atom stereocenters. The Morgan fingerprint density at radius 1 is 1.44 bits per heavy atom. The van der Waals surface area contributed by atoms with Crippen molar-refractivity contribution in [2.45, 2.75) is 33.1 Å². The van der Waals surface area contributed by atoms with Crippen molar-refractivity contribution in [2.24, 2.45) is 5.92 Å². The van der Waals surface area contributed by atoms with Gasteiger partial charge < -0.3 is 0 Å². The lowest BCUT2D eigenvalue weighted by Crippen LogP contribution is -2.08. The molecule has 3 heterocycles. The second kappa shape index (κ2) is 3.51. The molecule has 0 N–H and O–H groups in total. The highest BCUT2D eigenvalue weighted by atomic mass is 32.1. The third-order valence-electron chi connectivity index (χ3n) is 3.74. The number of hydrogen-bond donors (Lipinski definition) is 0. The van der Waals surface area contributed by atoms with E-state index in [1.807, 2.05) is 22.8 Å². The molecular formula is C13H14N4S. The Kier molecular flexibility index (Phi) is 2.03. The summed E-state index contributed by atoms with van der Waals surface area (Å²) in [6.07, 6.45) is 5.40. The van der Waals surface area contributed by atoms with Crippen LogP contribution >= 0.6 is 11.3 Å². The van der Waals surface area contributed by atoms with Gasteiger partial charge in [-0.2, -0.15) is 5.10 Å². The van der Waals surface area contributed by atoms with Crippen LogP contribution in [0, 0.1) is 12.8 Å². The zero-order chi connectivity index (χ0) is 12.3. The van der Waals surface area contributed by atoms with Crippen molar-refractivity contribution in [1.82, 2.24) is 19.6 Å². The molecule has 4 nitrogen and oxygen atoms in total. The van der Waals surface area contributed by atoms with E-state index in [1.54, 1.807) is 6.33 Å². The number of rotatable bonds is 0. The van der Waals surface area contributed by atoms with E-state index in [-0.39, 0.29) is 0 Å². The largest absolute Gasteiger partial charge is 0.225 e. The fraction of sp³-hybridized carbons (Fsp3) is 0.462. The first kappa shape index (κ1) is 10.4. The number of fused-ring (bicyclic) bond motifs is 5. The van der Waals surface area contributed by atoms with Crippen molar-refractivity contribution in [3.8, 4) is 0 Å². The summed E-state index contributed by atoms with van der Waals surface area (Å²) >= 11 is 1.84. The van der Waals surface area contributed by atoms with Crippen molar-refractivity contribution in [1.29, 1.82) is 0 Å². The van der Waals surface area contributed by atoms with E-state index in [0.29, 0.717) is 0 Å². The molecule has 0 fully saturated rings. The van der Waals surface area contributed by atoms with E-state index < -0.39 is 0 Å².